The Morgan fingerprint density at radius 1 is 1.08 bits per heavy atom. The van der Waals surface area contributed by atoms with E-state index in [1.165, 1.54) is 11.9 Å². The number of amides is 2. The van der Waals surface area contributed by atoms with Crippen LogP contribution in [0.3, 0.4) is 0 Å². The molecule has 0 aliphatic heterocycles. The summed E-state index contributed by atoms with van der Waals surface area (Å²) >= 11 is 0. The predicted octanol–water partition coefficient (Wildman–Crippen LogP) is 2.72. The highest BCUT2D eigenvalue weighted by molar-refractivity contribution is 5.87. The normalized spacial score (nSPS) is 12.8. The van der Waals surface area contributed by atoms with Crippen molar-refractivity contribution in [3.05, 3.63) is 65.7 Å². The third-order valence-corrected chi connectivity index (χ3v) is 4.32. The molecule has 6 nitrogen and oxygen atoms in total. The summed E-state index contributed by atoms with van der Waals surface area (Å²) in [5.74, 6) is -0.120. The summed E-state index contributed by atoms with van der Waals surface area (Å²) in [4.78, 5) is 25.0. The SMILES string of the molecule is C[C@@H](Oc1ccc(CC(=O)N(C)[C@@H](C)C(=O)NO)cc1)c1ccccc1. The van der Waals surface area contributed by atoms with Gasteiger partial charge in [0.2, 0.25) is 5.91 Å². The minimum absolute atomic E-state index is 0.0762. The van der Waals surface area contributed by atoms with Gasteiger partial charge in [-0.15, -0.1) is 0 Å². The van der Waals surface area contributed by atoms with Crippen LogP contribution in [-0.4, -0.2) is 35.0 Å². The zero-order valence-electron chi connectivity index (χ0n) is 15.2. The van der Waals surface area contributed by atoms with Crippen molar-refractivity contribution in [2.24, 2.45) is 0 Å². The first-order valence-electron chi connectivity index (χ1n) is 8.42. The summed E-state index contributed by atoms with van der Waals surface area (Å²) in [6.45, 7) is 3.53. The van der Waals surface area contributed by atoms with Crippen molar-refractivity contribution in [1.82, 2.24) is 10.4 Å². The first kappa shape index (κ1) is 19.5. The molecular formula is C20H24N2O4. The summed E-state index contributed by atoms with van der Waals surface area (Å²) < 4.78 is 5.92. The van der Waals surface area contributed by atoms with Gasteiger partial charge in [-0.05, 0) is 37.1 Å². The van der Waals surface area contributed by atoms with Crippen molar-refractivity contribution in [3.63, 3.8) is 0 Å². The lowest BCUT2D eigenvalue weighted by molar-refractivity contribution is -0.142. The van der Waals surface area contributed by atoms with Crippen LogP contribution in [0.1, 0.15) is 31.1 Å². The van der Waals surface area contributed by atoms with Gasteiger partial charge in [0, 0.05) is 7.05 Å². The number of hydrogen-bond acceptors (Lipinski definition) is 4. The lowest BCUT2D eigenvalue weighted by atomic mass is 10.1. The largest absolute Gasteiger partial charge is 0.486 e. The Morgan fingerprint density at radius 2 is 1.69 bits per heavy atom. The van der Waals surface area contributed by atoms with Crippen molar-refractivity contribution in [1.29, 1.82) is 0 Å². The summed E-state index contributed by atoms with van der Waals surface area (Å²) in [5, 5.41) is 8.66. The summed E-state index contributed by atoms with van der Waals surface area (Å²) in [6.07, 6.45) is 0.0845. The topological polar surface area (TPSA) is 78.9 Å². The first-order valence-corrected chi connectivity index (χ1v) is 8.42. The molecule has 138 valence electrons. The van der Waals surface area contributed by atoms with E-state index >= 15 is 0 Å². The molecule has 0 aromatic heterocycles. The lowest BCUT2D eigenvalue weighted by Crippen LogP contribution is -2.45. The second-order valence-corrected chi connectivity index (χ2v) is 6.15. The van der Waals surface area contributed by atoms with Gasteiger partial charge in [0.15, 0.2) is 0 Å². The zero-order valence-corrected chi connectivity index (χ0v) is 15.2. The van der Waals surface area contributed by atoms with E-state index in [-0.39, 0.29) is 18.4 Å². The van der Waals surface area contributed by atoms with Crippen LogP contribution in [0.15, 0.2) is 54.6 Å². The molecule has 0 saturated heterocycles. The second-order valence-electron chi connectivity index (χ2n) is 6.15. The van der Waals surface area contributed by atoms with Crippen LogP contribution < -0.4 is 10.2 Å². The predicted molar refractivity (Wildman–Crippen MR) is 97.8 cm³/mol. The van der Waals surface area contributed by atoms with Crippen LogP contribution in [0, 0.1) is 0 Å². The highest BCUT2D eigenvalue weighted by atomic mass is 16.5. The van der Waals surface area contributed by atoms with Gasteiger partial charge in [0.05, 0.1) is 6.42 Å². The van der Waals surface area contributed by atoms with E-state index in [2.05, 4.69) is 0 Å². The number of nitrogens with one attached hydrogen (secondary N) is 1. The number of hydroxylamine groups is 1. The standard InChI is InChI=1S/C20H24N2O4/c1-14(20(24)21-25)22(3)19(23)13-16-9-11-18(12-10-16)26-15(2)17-7-5-4-6-8-17/h4-12,14-15,25H,13H2,1-3H3,(H,21,24)/t14-,15+/m0/s1. The molecule has 0 aliphatic rings. The Labute approximate surface area is 153 Å². The monoisotopic (exact) mass is 356 g/mol. The van der Waals surface area contributed by atoms with Crippen LogP contribution >= 0.6 is 0 Å². The Hall–Kier alpha value is -2.86. The molecule has 0 heterocycles. The Morgan fingerprint density at radius 3 is 2.27 bits per heavy atom. The van der Waals surface area contributed by atoms with E-state index in [0.717, 1.165) is 16.9 Å². The highest BCUT2D eigenvalue weighted by Crippen LogP contribution is 2.22. The number of carbonyl (C=O) groups excluding carboxylic acids is 2. The molecule has 0 saturated carbocycles. The molecular weight excluding hydrogens is 332 g/mol. The molecule has 0 bridgehead atoms. The lowest BCUT2D eigenvalue weighted by Gasteiger charge is -2.23. The average Bonchev–Trinajstić information content (AvgIpc) is 2.68. The number of hydrogen-bond donors (Lipinski definition) is 2. The zero-order chi connectivity index (χ0) is 19.1. The molecule has 0 fully saturated rings. The van der Waals surface area contributed by atoms with Gasteiger partial charge < -0.3 is 9.64 Å². The van der Waals surface area contributed by atoms with Crippen molar-refractivity contribution >= 4 is 11.8 Å². The maximum atomic E-state index is 12.3. The van der Waals surface area contributed by atoms with Crippen molar-refractivity contribution in [3.8, 4) is 5.75 Å². The number of benzene rings is 2. The second kappa shape index (κ2) is 9.01. The molecule has 2 N–H and O–H groups in total. The van der Waals surface area contributed by atoms with Gasteiger partial charge in [-0.2, -0.15) is 0 Å². The number of carbonyl (C=O) groups is 2. The van der Waals surface area contributed by atoms with Crippen LogP contribution in [0.5, 0.6) is 5.75 Å². The molecule has 0 spiro atoms. The number of nitrogens with zero attached hydrogens (tertiary/aromatic N) is 1. The summed E-state index contributed by atoms with van der Waals surface area (Å²) in [6, 6.07) is 16.5. The molecule has 6 heteroatoms. The van der Waals surface area contributed by atoms with Crippen LogP contribution in [0.25, 0.3) is 0 Å². The number of likely N-dealkylation sites (N-methyl/N-ethyl adjacent to an activating group) is 1. The summed E-state index contributed by atoms with van der Waals surface area (Å²) in [5.41, 5.74) is 3.46. The average molecular weight is 356 g/mol. The van der Waals surface area contributed by atoms with Gasteiger partial charge in [-0.3, -0.25) is 14.8 Å². The Bertz CT molecular complexity index is 731. The molecule has 2 atom stereocenters. The van der Waals surface area contributed by atoms with Gasteiger partial charge >= 0.3 is 0 Å². The summed E-state index contributed by atoms with van der Waals surface area (Å²) in [7, 11) is 1.53. The minimum atomic E-state index is -0.748. The van der Waals surface area contributed by atoms with Gasteiger partial charge in [0.1, 0.15) is 17.9 Å². The third-order valence-electron chi connectivity index (χ3n) is 4.32. The van der Waals surface area contributed by atoms with E-state index in [4.69, 9.17) is 9.94 Å². The van der Waals surface area contributed by atoms with Gasteiger partial charge in [-0.1, -0.05) is 42.5 Å². The fourth-order valence-electron chi connectivity index (χ4n) is 2.47. The third kappa shape index (κ3) is 5.07. The molecule has 0 unspecified atom stereocenters. The van der Waals surface area contributed by atoms with Crippen molar-refractivity contribution < 1.29 is 19.5 Å². The molecule has 2 aromatic rings. The molecule has 2 rings (SSSR count). The fourth-order valence-corrected chi connectivity index (χ4v) is 2.47. The van der Waals surface area contributed by atoms with Crippen LogP contribution in [0.2, 0.25) is 0 Å². The van der Waals surface area contributed by atoms with Gasteiger partial charge in [-0.25, -0.2) is 5.48 Å². The van der Waals surface area contributed by atoms with E-state index in [1.807, 2.05) is 61.5 Å². The van der Waals surface area contributed by atoms with Crippen LogP contribution in [0.4, 0.5) is 0 Å². The molecule has 2 amide bonds. The molecule has 0 radical (unpaired) electrons. The van der Waals surface area contributed by atoms with E-state index < -0.39 is 11.9 Å². The van der Waals surface area contributed by atoms with E-state index in [9.17, 15) is 9.59 Å². The van der Waals surface area contributed by atoms with E-state index in [1.54, 1.807) is 12.4 Å². The van der Waals surface area contributed by atoms with Crippen LogP contribution in [-0.2, 0) is 16.0 Å². The minimum Gasteiger partial charge on any atom is -0.486 e. The van der Waals surface area contributed by atoms with Crippen molar-refractivity contribution in [2.45, 2.75) is 32.4 Å². The highest BCUT2D eigenvalue weighted by Gasteiger charge is 2.22. The molecule has 26 heavy (non-hydrogen) atoms. The Balaban J connectivity index is 1.94. The maximum Gasteiger partial charge on any atom is 0.265 e. The number of ether oxygens (including phenoxy) is 1. The maximum absolute atomic E-state index is 12.3. The number of rotatable bonds is 7. The molecule has 0 aliphatic carbocycles. The van der Waals surface area contributed by atoms with E-state index in [0.29, 0.717) is 0 Å². The molecule has 2 aromatic carbocycles. The Kier molecular flexibility index (Phi) is 6.74. The smallest absolute Gasteiger partial charge is 0.265 e. The quantitative estimate of drug-likeness (QED) is 0.591. The van der Waals surface area contributed by atoms with Crippen molar-refractivity contribution in [2.75, 3.05) is 7.05 Å². The first-order chi connectivity index (χ1) is 12.4. The fraction of sp³-hybridized carbons (Fsp3) is 0.300. The van der Waals surface area contributed by atoms with Gasteiger partial charge in [0.25, 0.3) is 5.91 Å².